The molecule has 1 N–H and O–H groups in total. The summed E-state index contributed by atoms with van der Waals surface area (Å²) in [6.45, 7) is -1.33. The predicted molar refractivity (Wildman–Crippen MR) is 39.1 cm³/mol. The molecule has 1 heterocycles. The van der Waals surface area contributed by atoms with Gasteiger partial charge in [0, 0.05) is 37.7 Å². The Bertz CT molecular complexity index is 286. The van der Waals surface area contributed by atoms with Crippen LogP contribution in [0.5, 0.6) is 0 Å². The van der Waals surface area contributed by atoms with Crippen LogP contribution in [0.3, 0.4) is 0 Å². The van der Waals surface area contributed by atoms with E-state index in [0.29, 0.717) is 0 Å². The standard InChI is InChI=1S/C6H4F6O4.Ca/c7-5(8,9)4(6(10,11)12)15-1-2(16-4)3(13)14;/h2H,1H2,(H,13,14);. The Balaban J connectivity index is 0.00000256. The fourth-order valence-corrected chi connectivity index (χ4v) is 1.04. The van der Waals surface area contributed by atoms with E-state index in [1.54, 1.807) is 0 Å². The second kappa shape index (κ2) is 5.08. The molecular formula is C6H4CaF6O4. The van der Waals surface area contributed by atoms with Crippen molar-refractivity contribution in [3.8, 4) is 0 Å². The van der Waals surface area contributed by atoms with Crippen LogP contribution in [0.25, 0.3) is 0 Å². The Labute approximate surface area is 120 Å². The minimum Gasteiger partial charge on any atom is -0.479 e. The Kier molecular flexibility index (Phi) is 5.15. The number of carbonyl (C=O) groups is 1. The van der Waals surface area contributed by atoms with Gasteiger partial charge >= 0.3 is 24.1 Å². The topological polar surface area (TPSA) is 55.8 Å². The summed E-state index contributed by atoms with van der Waals surface area (Å²) in [6.07, 6.45) is -14.1. The monoisotopic (exact) mass is 294 g/mol. The summed E-state index contributed by atoms with van der Waals surface area (Å²) in [5.74, 6) is -6.82. The van der Waals surface area contributed by atoms with Crippen LogP contribution >= 0.6 is 0 Å². The third-order valence-corrected chi connectivity index (χ3v) is 1.77. The van der Waals surface area contributed by atoms with Gasteiger partial charge in [0.25, 0.3) is 0 Å². The molecule has 1 rings (SSSR count). The van der Waals surface area contributed by atoms with Gasteiger partial charge in [-0.1, -0.05) is 0 Å². The Morgan fingerprint density at radius 2 is 1.59 bits per heavy atom. The van der Waals surface area contributed by atoms with Gasteiger partial charge < -0.3 is 14.6 Å². The maximum Gasteiger partial charge on any atom is 0.453 e. The van der Waals surface area contributed by atoms with E-state index < -0.39 is 36.8 Å². The first-order valence-electron chi connectivity index (χ1n) is 3.69. The molecular weight excluding hydrogens is 290 g/mol. The predicted octanol–water partition coefficient (Wildman–Crippen LogP) is 0.926. The maximum atomic E-state index is 12.2. The average molecular weight is 294 g/mol. The molecule has 1 fully saturated rings. The molecule has 1 unspecified atom stereocenters. The summed E-state index contributed by atoms with van der Waals surface area (Å²) in [4.78, 5) is 10.2. The van der Waals surface area contributed by atoms with Gasteiger partial charge in [-0.3, -0.25) is 0 Å². The molecule has 96 valence electrons. The largest absolute Gasteiger partial charge is 0.479 e. The van der Waals surface area contributed by atoms with Gasteiger partial charge in [-0.15, -0.1) is 0 Å². The SMILES string of the molecule is O=C(O)C1COC(C(F)(F)F)(C(F)(F)F)O1.[Ca]. The molecule has 11 heteroatoms. The van der Waals surface area contributed by atoms with Crippen LogP contribution in [0.15, 0.2) is 0 Å². The molecule has 0 saturated carbocycles. The van der Waals surface area contributed by atoms with Crippen molar-refractivity contribution in [2.24, 2.45) is 0 Å². The van der Waals surface area contributed by atoms with Gasteiger partial charge in [-0.2, -0.15) is 26.3 Å². The minimum atomic E-state index is -5.91. The molecule has 0 aromatic heterocycles. The molecule has 0 aromatic rings. The van der Waals surface area contributed by atoms with Crippen LogP contribution in [0.1, 0.15) is 0 Å². The van der Waals surface area contributed by atoms with Crippen molar-refractivity contribution in [1.29, 1.82) is 0 Å². The van der Waals surface area contributed by atoms with Crippen LogP contribution < -0.4 is 0 Å². The number of halogens is 6. The molecule has 4 nitrogen and oxygen atoms in total. The molecule has 0 aromatic carbocycles. The zero-order valence-corrected chi connectivity index (χ0v) is 10.1. The van der Waals surface area contributed by atoms with E-state index in [0.717, 1.165) is 0 Å². The molecule has 0 amide bonds. The average Bonchev–Trinajstić information content (AvgIpc) is 2.44. The number of carboxylic acids is 1. The molecule has 1 saturated heterocycles. The van der Waals surface area contributed by atoms with Crippen LogP contribution in [0, 0.1) is 0 Å². The van der Waals surface area contributed by atoms with Gasteiger partial charge in [0.15, 0.2) is 6.10 Å². The van der Waals surface area contributed by atoms with Gasteiger partial charge in [-0.05, 0) is 0 Å². The summed E-state index contributed by atoms with van der Waals surface area (Å²) in [6, 6.07) is 0. The number of aliphatic carboxylic acids is 1. The van der Waals surface area contributed by atoms with Gasteiger partial charge in [0.2, 0.25) is 0 Å². The molecule has 1 aliphatic rings. The molecule has 0 spiro atoms. The first-order chi connectivity index (χ1) is 7.01. The number of rotatable bonds is 1. The number of carboxylic acid groups (broad SMARTS) is 1. The van der Waals surface area contributed by atoms with Crippen molar-refractivity contribution in [2.45, 2.75) is 24.2 Å². The number of hydrogen-bond acceptors (Lipinski definition) is 3. The Hall–Kier alpha value is 0.230. The van der Waals surface area contributed by atoms with E-state index in [1.165, 1.54) is 0 Å². The van der Waals surface area contributed by atoms with Crippen molar-refractivity contribution < 1.29 is 45.7 Å². The fourth-order valence-electron chi connectivity index (χ4n) is 1.04. The van der Waals surface area contributed by atoms with Crippen LogP contribution in [0.4, 0.5) is 26.3 Å². The fraction of sp³-hybridized carbons (Fsp3) is 0.833. The summed E-state index contributed by atoms with van der Waals surface area (Å²) >= 11 is 0. The quantitative estimate of drug-likeness (QED) is 0.577. The van der Waals surface area contributed by atoms with Crippen molar-refractivity contribution in [1.82, 2.24) is 0 Å². The van der Waals surface area contributed by atoms with Crippen molar-refractivity contribution in [3.63, 3.8) is 0 Å². The third kappa shape index (κ3) is 2.98. The van der Waals surface area contributed by atoms with Crippen LogP contribution in [-0.4, -0.2) is 79.7 Å². The van der Waals surface area contributed by atoms with E-state index in [2.05, 4.69) is 9.47 Å². The third-order valence-electron chi connectivity index (χ3n) is 1.77. The van der Waals surface area contributed by atoms with Crippen molar-refractivity contribution in [3.05, 3.63) is 0 Å². The zero-order chi connectivity index (χ0) is 12.8. The second-order valence-corrected chi connectivity index (χ2v) is 2.87. The summed E-state index contributed by atoms with van der Waals surface area (Å²) < 4.78 is 80.1. The number of ether oxygens (including phenoxy) is 2. The van der Waals surface area contributed by atoms with E-state index in [9.17, 15) is 31.1 Å². The molecule has 0 bridgehead atoms. The summed E-state index contributed by atoms with van der Waals surface area (Å²) in [5.41, 5.74) is 0. The first kappa shape index (κ1) is 17.2. The van der Waals surface area contributed by atoms with Crippen molar-refractivity contribution >= 4 is 43.7 Å². The van der Waals surface area contributed by atoms with Crippen LogP contribution in [-0.2, 0) is 14.3 Å². The smallest absolute Gasteiger partial charge is 0.453 e. The van der Waals surface area contributed by atoms with Gasteiger partial charge in [0.1, 0.15) is 0 Å². The van der Waals surface area contributed by atoms with E-state index in [4.69, 9.17) is 5.11 Å². The molecule has 17 heavy (non-hydrogen) atoms. The van der Waals surface area contributed by atoms with E-state index >= 15 is 0 Å². The molecule has 1 atom stereocenters. The number of alkyl halides is 6. The summed E-state index contributed by atoms with van der Waals surface area (Å²) in [7, 11) is 0. The molecule has 2 radical (unpaired) electrons. The Morgan fingerprint density at radius 1 is 1.18 bits per heavy atom. The Morgan fingerprint density at radius 3 is 1.76 bits per heavy atom. The first-order valence-corrected chi connectivity index (χ1v) is 3.69. The number of hydrogen-bond donors (Lipinski definition) is 1. The minimum absolute atomic E-state index is 0. The van der Waals surface area contributed by atoms with Crippen molar-refractivity contribution in [2.75, 3.05) is 6.61 Å². The molecule has 0 aliphatic carbocycles. The van der Waals surface area contributed by atoms with Gasteiger partial charge in [-0.25, -0.2) is 4.79 Å². The second-order valence-electron chi connectivity index (χ2n) is 2.87. The summed E-state index contributed by atoms with van der Waals surface area (Å²) in [5, 5.41) is 8.24. The zero-order valence-electron chi connectivity index (χ0n) is 7.93. The van der Waals surface area contributed by atoms with E-state index in [1.807, 2.05) is 0 Å². The van der Waals surface area contributed by atoms with Crippen LogP contribution in [0.2, 0.25) is 0 Å². The van der Waals surface area contributed by atoms with Gasteiger partial charge in [0.05, 0.1) is 6.61 Å². The maximum absolute atomic E-state index is 12.2. The van der Waals surface area contributed by atoms with E-state index in [-0.39, 0.29) is 37.7 Å². The molecule has 1 aliphatic heterocycles. The normalized spacial score (nSPS) is 24.2.